The molecule has 23 heavy (non-hydrogen) atoms. The lowest BCUT2D eigenvalue weighted by Crippen LogP contribution is -2.15. The van der Waals surface area contributed by atoms with Crippen LogP contribution in [0.25, 0.3) is 11.3 Å². The molecule has 0 saturated carbocycles. The zero-order chi connectivity index (χ0) is 16.1. The van der Waals surface area contributed by atoms with Gasteiger partial charge >= 0.3 is 0 Å². The van der Waals surface area contributed by atoms with E-state index in [4.69, 9.17) is 9.73 Å². The molecule has 0 amide bonds. The highest BCUT2D eigenvalue weighted by molar-refractivity contribution is 7.07. The fourth-order valence-corrected chi connectivity index (χ4v) is 3.42. The second-order valence-corrected chi connectivity index (χ2v) is 6.07. The van der Waals surface area contributed by atoms with E-state index >= 15 is 0 Å². The number of methoxy groups -OCH3 is 1. The van der Waals surface area contributed by atoms with E-state index in [1.54, 1.807) is 18.4 Å². The van der Waals surface area contributed by atoms with Crippen molar-refractivity contribution < 1.29 is 4.74 Å². The van der Waals surface area contributed by atoms with Gasteiger partial charge in [-0.25, -0.2) is 4.99 Å². The highest BCUT2D eigenvalue weighted by Gasteiger charge is 2.07. The highest BCUT2D eigenvalue weighted by Crippen LogP contribution is 2.21. The predicted octanol–water partition coefficient (Wildman–Crippen LogP) is 4.87. The van der Waals surface area contributed by atoms with Gasteiger partial charge in [0.2, 0.25) is 0 Å². The maximum Gasteiger partial charge on any atom is 0.190 e. The molecule has 0 N–H and O–H groups in total. The zero-order valence-electron chi connectivity index (χ0n) is 13.4. The third kappa shape index (κ3) is 3.54. The largest absolute Gasteiger partial charge is 0.497 e. The molecule has 0 aliphatic heterocycles. The minimum absolute atomic E-state index is 0.849. The summed E-state index contributed by atoms with van der Waals surface area (Å²) in [6.45, 7) is 3.15. The molecule has 0 aliphatic carbocycles. The Morgan fingerprint density at radius 1 is 1.04 bits per heavy atom. The first-order valence-electron chi connectivity index (χ1n) is 7.74. The Bertz CT molecular complexity index is 817. The van der Waals surface area contributed by atoms with Crippen LogP contribution in [0.2, 0.25) is 0 Å². The van der Waals surface area contributed by atoms with Gasteiger partial charge in [0, 0.05) is 11.9 Å². The van der Waals surface area contributed by atoms with E-state index in [2.05, 4.69) is 41.1 Å². The van der Waals surface area contributed by atoms with Crippen LogP contribution in [0, 0.1) is 0 Å². The first-order valence-corrected chi connectivity index (χ1v) is 8.62. The van der Waals surface area contributed by atoms with Crippen LogP contribution >= 0.6 is 11.3 Å². The minimum Gasteiger partial charge on any atom is -0.497 e. The average molecular weight is 324 g/mol. The van der Waals surface area contributed by atoms with Gasteiger partial charge in [0.05, 0.1) is 18.5 Å². The van der Waals surface area contributed by atoms with Crippen LogP contribution in [-0.2, 0) is 6.54 Å². The van der Waals surface area contributed by atoms with Gasteiger partial charge in [-0.15, -0.1) is 11.3 Å². The number of ether oxygens (including phenoxy) is 1. The molecule has 0 unspecified atom stereocenters. The third-order valence-electron chi connectivity index (χ3n) is 3.61. The van der Waals surface area contributed by atoms with Crippen molar-refractivity contribution in [2.75, 3.05) is 7.11 Å². The molecule has 1 aromatic heterocycles. The molecule has 0 bridgehead atoms. The Morgan fingerprint density at radius 2 is 1.78 bits per heavy atom. The quantitative estimate of drug-likeness (QED) is 0.658. The van der Waals surface area contributed by atoms with Crippen LogP contribution in [0.1, 0.15) is 13.3 Å². The molecule has 3 rings (SSSR count). The number of hydrogen-bond acceptors (Lipinski definition) is 3. The van der Waals surface area contributed by atoms with Gasteiger partial charge < -0.3 is 9.30 Å². The topological polar surface area (TPSA) is 26.5 Å². The Morgan fingerprint density at radius 3 is 2.43 bits per heavy atom. The summed E-state index contributed by atoms with van der Waals surface area (Å²) in [6, 6.07) is 18.3. The molecule has 0 aliphatic rings. The van der Waals surface area contributed by atoms with E-state index in [0.29, 0.717) is 0 Å². The summed E-state index contributed by atoms with van der Waals surface area (Å²) in [7, 11) is 1.67. The first kappa shape index (κ1) is 15.6. The maximum absolute atomic E-state index is 5.20. The summed E-state index contributed by atoms with van der Waals surface area (Å²) in [5.41, 5.74) is 3.40. The van der Waals surface area contributed by atoms with Crippen LogP contribution in [0.3, 0.4) is 0 Å². The van der Waals surface area contributed by atoms with Crippen molar-refractivity contribution in [3.05, 3.63) is 64.8 Å². The third-order valence-corrected chi connectivity index (χ3v) is 4.48. The van der Waals surface area contributed by atoms with Crippen molar-refractivity contribution >= 4 is 17.0 Å². The molecule has 0 spiro atoms. The number of benzene rings is 2. The van der Waals surface area contributed by atoms with Gasteiger partial charge in [0.25, 0.3) is 0 Å². The summed E-state index contributed by atoms with van der Waals surface area (Å²) in [5.74, 6) is 0.849. The fourth-order valence-electron chi connectivity index (χ4n) is 2.47. The van der Waals surface area contributed by atoms with E-state index in [-0.39, 0.29) is 0 Å². The molecule has 0 saturated heterocycles. The fraction of sp³-hybridized carbons (Fsp3) is 0.211. The van der Waals surface area contributed by atoms with Gasteiger partial charge in [0.1, 0.15) is 5.75 Å². The number of thiazole rings is 1. The summed E-state index contributed by atoms with van der Waals surface area (Å²) >= 11 is 1.68. The van der Waals surface area contributed by atoms with Crippen LogP contribution in [-0.4, -0.2) is 11.7 Å². The van der Waals surface area contributed by atoms with Gasteiger partial charge in [-0.1, -0.05) is 37.3 Å². The average Bonchev–Trinajstić information content (AvgIpc) is 2.99. The van der Waals surface area contributed by atoms with Crippen LogP contribution in [0.4, 0.5) is 5.69 Å². The molecule has 3 aromatic rings. The van der Waals surface area contributed by atoms with Gasteiger partial charge in [0.15, 0.2) is 4.80 Å². The Labute approximate surface area is 140 Å². The smallest absolute Gasteiger partial charge is 0.190 e. The summed E-state index contributed by atoms with van der Waals surface area (Å²) in [6.07, 6.45) is 1.08. The standard InChI is InChI=1S/C19H20N2OS/c1-3-13-21-18(15-7-5-4-6-8-15)14-23-19(21)20-16-9-11-17(22-2)12-10-16/h4-12,14H,3,13H2,1-2H3. The SMILES string of the molecule is CCCn1c(-c2ccccc2)csc1=Nc1ccc(OC)cc1. The van der Waals surface area contributed by atoms with Crippen LogP contribution in [0.5, 0.6) is 5.75 Å². The Kier molecular flexibility index (Phi) is 4.93. The Hall–Kier alpha value is -2.33. The summed E-state index contributed by atoms with van der Waals surface area (Å²) in [5, 5.41) is 2.19. The lowest BCUT2D eigenvalue weighted by Gasteiger charge is -2.07. The maximum atomic E-state index is 5.20. The highest BCUT2D eigenvalue weighted by atomic mass is 32.1. The van der Waals surface area contributed by atoms with Gasteiger partial charge in [-0.2, -0.15) is 0 Å². The van der Waals surface area contributed by atoms with Crippen molar-refractivity contribution in [1.29, 1.82) is 0 Å². The molecule has 3 nitrogen and oxygen atoms in total. The Balaban J connectivity index is 2.05. The number of rotatable bonds is 5. The molecular weight excluding hydrogens is 304 g/mol. The lowest BCUT2D eigenvalue weighted by atomic mass is 10.2. The molecular formula is C19H20N2OS. The first-order chi connectivity index (χ1) is 11.3. The zero-order valence-corrected chi connectivity index (χ0v) is 14.2. The summed E-state index contributed by atoms with van der Waals surface area (Å²) < 4.78 is 7.50. The molecule has 118 valence electrons. The predicted molar refractivity (Wildman–Crippen MR) is 96.3 cm³/mol. The van der Waals surface area contributed by atoms with Crippen molar-refractivity contribution in [2.45, 2.75) is 19.9 Å². The molecule has 0 radical (unpaired) electrons. The molecule has 4 heteroatoms. The van der Waals surface area contributed by atoms with Crippen LogP contribution < -0.4 is 9.54 Å². The lowest BCUT2D eigenvalue weighted by molar-refractivity contribution is 0.415. The summed E-state index contributed by atoms with van der Waals surface area (Å²) in [4.78, 5) is 5.83. The van der Waals surface area contributed by atoms with E-state index in [9.17, 15) is 0 Å². The van der Waals surface area contributed by atoms with E-state index in [0.717, 1.165) is 29.2 Å². The van der Waals surface area contributed by atoms with E-state index < -0.39 is 0 Å². The van der Waals surface area contributed by atoms with E-state index in [1.165, 1.54) is 11.3 Å². The second kappa shape index (κ2) is 7.29. The number of hydrogen-bond donors (Lipinski definition) is 0. The van der Waals surface area contributed by atoms with Crippen molar-refractivity contribution in [1.82, 2.24) is 4.57 Å². The number of aromatic nitrogens is 1. The second-order valence-electron chi connectivity index (χ2n) is 5.23. The molecule has 0 fully saturated rings. The van der Waals surface area contributed by atoms with Crippen molar-refractivity contribution in [3.8, 4) is 17.0 Å². The molecule has 0 atom stereocenters. The van der Waals surface area contributed by atoms with Crippen LogP contribution in [0.15, 0.2) is 65.0 Å². The van der Waals surface area contributed by atoms with E-state index in [1.807, 2.05) is 30.3 Å². The minimum atomic E-state index is 0.849. The van der Waals surface area contributed by atoms with Gasteiger partial charge in [-0.3, -0.25) is 0 Å². The number of nitrogens with zero attached hydrogens (tertiary/aromatic N) is 2. The monoisotopic (exact) mass is 324 g/mol. The molecule has 1 heterocycles. The van der Waals surface area contributed by atoms with Crippen molar-refractivity contribution in [3.63, 3.8) is 0 Å². The molecule has 2 aromatic carbocycles. The van der Waals surface area contributed by atoms with Crippen molar-refractivity contribution in [2.24, 2.45) is 4.99 Å². The normalized spacial score (nSPS) is 11.7. The van der Waals surface area contributed by atoms with Gasteiger partial charge in [-0.05, 0) is 36.2 Å².